The molecule has 0 heterocycles. The van der Waals surface area contributed by atoms with Crippen molar-refractivity contribution in [1.82, 2.24) is 5.32 Å². The maximum atomic E-state index is 12.1. The van der Waals surface area contributed by atoms with Gasteiger partial charge in [-0.15, -0.1) is 0 Å². The zero-order valence-corrected chi connectivity index (χ0v) is 15.9. The first-order valence-electron chi connectivity index (χ1n) is 8.62. The molecule has 0 spiro atoms. The topological polar surface area (TPSA) is 137 Å². The number of nitrogens with one attached hydrogen (secondary N) is 2. The Kier molecular flexibility index (Phi) is 7.30. The second-order valence-corrected chi connectivity index (χ2v) is 5.98. The molecule has 1 atom stereocenters. The summed E-state index contributed by atoms with van der Waals surface area (Å²) in [7, 11) is 1.48. The van der Waals surface area contributed by atoms with E-state index in [1.165, 1.54) is 44.4 Å². The van der Waals surface area contributed by atoms with E-state index >= 15 is 0 Å². The third-order valence-electron chi connectivity index (χ3n) is 3.84. The molecule has 0 aliphatic rings. The molecule has 9 nitrogen and oxygen atoms in total. The Labute approximate surface area is 167 Å². The first-order chi connectivity index (χ1) is 13.8. The van der Waals surface area contributed by atoms with Gasteiger partial charge in [0.2, 0.25) is 5.91 Å². The van der Waals surface area contributed by atoms with Crippen LogP contribution in [0.15, 0.2) is 48.5 Å². The predicted molar refractivity (Wildman–Crippen MR) is 104 cm³/mol. The van der Waals surface area contributed by atoms with Crippen LogP contribution in [0.2, 0.25) is 0 Å². The van der Waals surface area contributed by atoms with Crippen LogP contribution in [0.4, 0.5) is 5.69 Å². The van der Waals surface area contributed by atoms with Crippen molar-refractivity contribution in [2.75, 3.05) is 19.0 Å². The summed E-state index contributed by atoms with van der Waals surface area (Å²) in [6.45, 7) is 0.996. The maximum Gasteiger partial charge on any atom is 0.326 e. The number of methoxy groups -OCH3 is 1. The molecule has 152 valence electrons. The van der Waals surface area contributed by atoms with E-state index in [1.807, 2.05) is 0 Å². The highest BCUT2D eigenvalue weighted by molar-refractivity contribution is 5.98. The van der Waals surface area contributed by atoms with Gasteiger partial charge in [-0.25, -0.2) is 0 Å². The van der Waals surface area contributed by atoms with Crippen molar-refractivity contribution < 1.29 is 28.7 Å². The first-order valence-corrected chi connectivity index (χ1v) is 8.62. The molecule has 0 aliphatic carbocycles. The van der Waals surface area contributed by atoms with E-state index in [0.29, 0.717) is 22.6 Å². The van der Waals surface area contributed by atoms with E-state index < -0.39 is 36.3 Å². The Morgan fingerprint density at radius 1 is 1.03 bits per heavy atom. The molecule has 0 unspecified atom stereocenters. The van der Waals surface area contributed by atoms with Crippen molar-refractivity contribution in [3.63, 3.8) is 0 Å². The molecule has 0 radical (unpaired) electrons. The zero-order valence-electron chi connectivity index (χ0n) is 15.9. The molecule has 2 aromatic rings. The minimum atomic E-state index is -1.09. The number of primary amides is 1. The molecule has 2 aromatic carbocycles. The quantitative estimate of drug-likeness (QED) is 0.569. The number of amides is 3. The van der Waals surface area contributed by atoms with Gasteiger partial charge in [-0.3, -0.25) is 19.2 Å². The van der Waals surface area contributed by atoms with E-state index in [1.54, 1.807) is 18.2 Å². The van der Waals surface area contributed by atoms with Crippen molar-refractivity contribution in [2.24, 2.45) is 5.73 Å². The molecule has 0 bridgehead atoms. The number of hydrogen-bond donors (Lipinski definition) is 3. The molecule has 9 heteroatoms. The van der Waals surface area contributed by atoms with E-state index in [2.05, 4.69) is 10.6 Å². The SMILES string of the molecule is COc1cccc(C(=O)NCC(=O)O[C@@H](C)C(=O)Nc2ccc(C(N)=O)cc2)c1. The molecule has 0 aromatic heterocycles. The van der Waals surface area contributed by atoms with Crippen LogP contribution in [0.1, 0.15) is 27.6 Å². The third kappa shape index (κ3) is 6.35. The van der Waals surface area contributed by atoms with Crippen LogP contribution in [-0.4, -0.2) is 43.4 Å². The van der Waals surface area contributed by atoms with Gasteiger partial charge in [0.05, 0.1) is 7.11 Å². The molecular formula is C20H21N3O6. The lowest BCUT2D eigenvalue weighted by atomic mass is 10.2. The van der Waals surface area contributed by atoms with Crippen LogP contribution in [0.25, 0.3) is 0 Å². The van der Waals surface area contributed by atoms with Crippen molar-refractivity contribution in [3.05, 3.63) is 59.7 Å². The fourth-order valence-electron chi connectivity index (χ4n) is 2.27. The average Bonchev–Trinajstić information content (AvgIpc) is 2.72. The molecular weight excluding hydrogens is 378 g/mol. The van der Waals surface area contributed by atoms with Crippen LogP contribution in [0, 0.1) is 0 Å². The van der Waals surface area contributed by atoms with Gasteiger partial charge in [-0.05, 0) is 49.4 Å². The van der Waals surface area contributed by atoms with E-state index in [9.17, 15) is 19.2 Å². The van der Waals surface area contributed by atoms with Gasteiger partial charge >= 0.3 is 5.97 Å². The fraction of sp³-hybridized carbons (Fsp3) is 0.200. The van der Waals surface area contributed by atoms with Crippen LogP contribution in [0.3, 0.4) is 0 Å². The summed E-state index contributed by atoms with van der Waals surface area (Å²) in [5.74, 6) is -1.89. The smallest absolute Gasteiger partial charge is 0.326 e. The Morgan fingerprint density at radius 2 is 1.72 bits per heavy atom. The molecule has 4 N–H and O–H groups in total. The lowest BCUT2D eigenvalue weighted by molar-refractivity contribution is -0.152. The lowest BCUT2D eigenvalue weighted by Crippen LogP contribution is -2.35. The largest absolute Gasteiger partial charge is 0.497 e. The molecule has 2 rings (SSSR count). The highest BCUT2D eigenvalue weighted by Crippen LogP contribution is 2.12. The van der Waals surface area contributed by atoms with Crippen molar-refractivity contribution in [2.45, 2.75) is 13.0 Å². The zero-order chi connectivity index (χ0) is 21.4. The van der Waals surface area contributed by atoms with Crippen molar-refractivity contribution in [3.8, 4) is 5.75 Å². The number of ether oxygens (including phenoxy) is 2. The fourth-order valence-corrected chi connectivity index (χ4v) is 2.27. The highest BCUT2D eigenvalue weighted by Gasteiger charge is 2.19. The summed E-state index contributed by atoms with van der Waals surface area (Å²) < 4.78 is 10.1. The molecule has 0 aliphatic heterocycles. The van der Waals surface area contributed by atoms with E-state index in [4.69, 9.17) is 15.2 Å². The van der Waals surface area contributed by atoms with Crippen LogP contribution in [0.5, 0.6) is 5.75 Å². The second kappa shape index (κ2) is 9.88. The summed E-state index contributed by atoms with van der Waals surface area (Å²) in [5.41, 5.74) is 6.18. The van der Waals surface area contributed by atoms with Gasteiger partial charge in [0.25, 0.3) is 11.8 Å². The normalized spacial score (nSPS) is 11.1. The van der Waals surface area contributed by atoms with Gasteiger partial charge < -0.3 is 25.8 Å². The van der Waals surface area contributed by atoms with E-state index in [-0.39, 0.29) is 0 Å². The monoisotopic (exact) mass is 399 g/mol. The number of hydrogen-bond acceptors (Lipinski definition) is 6. The Bertz CT molecular complexity index is 911. The number of anilines is 1. The Hall–Kier alpha value is -3.88. The highest BCUT2D eigenvalue weighted by atomic mass is 16.5. The summed E-state index contributed by atoms with van der Waals surface area (Å²) in [5, 5.41) is 4.96. The number of carbonyl (C=O) groups excluding carboxylic acids is 4. The minimum Gasteiger partial charge on any atom is -0.497 e. The molecule has 0 saturated heterocycles. The third-order valence-corrected chi connectivity index (χ3v) is 3.84. The van der Waals surface area contributed by atoms with Gasteiger partial charge in [0, 0.05) is 16.8 Å². The van der Waals surface area contributed by atoms with Gasteiger partial charge in [-0.2, -0.15) is 0 Å². The standard InChI is InChI=1S/C20H21N3O6/c1-12(19(26)23-15-8-6-13(7-9-15)18(21)25)29-17(24)11-22-20(27)14-4-3-5-16(10-14)28-2/h3-10,12H,11H2,1-2H3,(H2,21,25)(H,22,27)(H,23,26)/t12-/m0/s1. The molecule has 0 saturated carbocycles. The second-order valence-electron chi connectivity index (χ2n) is 5.98. The molecule has 29 heavy (non-hydrogen) atoms. The lowest BCUT2D eigenvalue weighted by Gasteiger charge is -2.14. The number of nitrogens with two attached hydrogens (primary N) is 1. The van der Waals surface area contributed by atoms with Crippen molar-refractivity contribution >= 4 is 29.4 Å². The Morgan fingerprint density at radius 3 is 2.34 bits per heavy atom. The Balaban J connectivity index is 1.82. The maximum absolute atomic E-state index is 12.1. The summed E-state index contributed by atoms with van der Waals surface area (Å²) in [6, 6.07) is 12.4. The summed E-state index contributed by atoms with van der Waals surface area (Å²) in [4.78, 5) is 47.1. The number of carbonyl (C=O) groups is 4. The van der Waals surface area contributed by atoms with Crippen LogP contribution >= 0.6 is 0 Å². The summed E-state index contributed by atoms with van der Waals surface area (Å²) >= 11 is 0. The molecule has 0 fully saturated rings. The average molecular weight is 399 g/mol. The van der Waals surface area contributed by atoms with Gasteiger partial charge in [0.1, 0.15) is 12.3 Å². The van der Waals surface area contributed by atoms with Crippen LogP contribution in [-0.2, 0) is 14.3 Å². The number of rotatable bonds is 8. The number of esters is 1. The van der Waals surface area contributed by atoms with Crippen molar-refractivity contribution in [1.29, 1.82) is 0 Å². The first kappa shape index (κ1) is 21.4. The molecule has 3 amide bonds. The van der Waals surface area contributed by atoms with E-state index in [0.717, 1.165) is 0 Å². The van der Waals surface area contributed by atoms with Gasteiger partial charge in [0.15, 0.2) is 6.10 Å². The predicted octanol–water partition coefficient (Wildman–Crippen LogP) is 1.09. The van der Waals surface area contributed by atoms with Gasteiger partial charge in [-0.1, -0.05) is 6.07 Å². The minimum absolute atomic E-state index is 0.300. The van der Waals surface area contributed by atoms with Crippen LogP contribution < -0.4 is 21.1 Å². The summed E-state index contributed by atoms with van der Waals surface area (Å²) in [6.07, 6.45) is -1.09. The number of benzene rings is 2.